The van der Waals surface area contributed by atoms with Crippen LogP contribution in [0.5, 0.6) is 0 Å². The summed E-state index contributed by atoms with van der Waals surface area (Å²) >= 11 is 0. The predicted molar refractivity (Wildman–Crippen MR) is 138 cm³/mol. The number of para-hydroxylation sites is 4. The lowest BCUT2D eigenvalue weighted by atomic mass is 9.90. The van der Waals surface area contributed by atoms with Crippen molar-refractivity contribution in [1.29, 1.82) is 0 Å². The lowest BCUT2D eigenvalue weighted by Crippen LogP contribution is -2.40. The number of pyridine rings is 2. The molecular weight excluding hydrogens is 452 g/mol. The minimum Gasteiger partial charge on any atom is -0.477 e. The molecule has 0 spiro atoms. The lowest BCUT2D eigenvalue weighted by molar-refractivity contribution is -0.633. The Labute approximate surface area is 205 Å². The molecule has 2 heterocycles. The Bertz CT molecular complexity index is 1610. The second kappa shape index (κ2) is 8.43. The van der Waals surface area contributed by atoms with Crippen molar-refractivity contribution in [1.82, 2.24) is 0 Å². The molecule has 0 unspecified atom stereocenters. The van der Waals surface area contributed by atoms with Crippen LogP contribution in [0.1, 0.15) is 0 Å². The molecule has 36 heavy (non-hydrogen) atoms. The summed E-state index contributed by atoms with van der Waals surface area (Å²) in [5.41, 5.74) is 5.29. The molecule has 0 atom stereocenters. The van der Waals surface area contributed by atoms with Crippen LogP contribution in [0.3, 0.4) is 0 Å². The fourth-order valence-electron chi connectivity index (χ4n) is 5.38. The average Bonchev–Trinajstić information content (AvgIpc) is 2.89. The summed E-state index contributed by atoms with van der Waals surface area (Å²) in [7, 11) is 0. The number of nitrogens with zero attached hydrogens (tertiary/aromatic N) is 2. The summed E-state index contributed by atoms with van der Waals surface area (Å²) < 4.78 is 3.68. The van der Waals surface area contributed by atoms with Gasteiger partial charge >= 0.3 is 11.9 Å². The Balaban J connectivity index is 1.88. The number of fused-ring (bicyclic) bond motifs is 4. The van der Waals surface area contributed by atoms with Crippen LogP contribution < -0.4 is 9.13 Å². The van der Waals surface area contributed by atoms with E-state index in [2.05, 4.69) is 0 Å². The van der Waals surface area contributed by atoms with Crippen molar-refractivity contribution in [2.45, 2.75) is 13.1 Å². The fraction of sp³-hybridized carbons (Fsp3) is 0.0667. The van der Waals surface area contributed by atoms with Crippen molar-refractivity contribution < 1.29 is 28.9 Å². The van der Waals surface area contributed by atoms with Gasteiger partial charge in [0.1, 0.15) is 0 Å². The molecular formula is C30H22N2O4+2. The number of carbonyl (C=O) groups is 2. The molecule has 0 saturated carbocycles. The molecule has 6 nitrogen and oxygen atoms in total. The fourth-order valence-corrected chi connectivity index (χ4v) is 5.38. The zero-order valence-electron chi connectivity index (χ0n) is 19.3. The number of carboxylic acid groups (broad SMARTS) is 2. The number of aliphatic carboxylic acids is 2. The Morgan fingerprint density at radius 2 is 0.722 bits per heavy atom. The van der Waals surface area contributed by atoms with E-state index in [-0.39, 0.29) is 13.1 Å². The Kier molecular flexibility index (Phi) is 5.08. The molecule has 6 rings (SSSR count). The number of hydrogen-bond acceptors (Lipinski definition) is 2. The Morgan fingerprint density at radius 3 is 0.972 bits per heavy atom. The predicted octanol–water partition coefficient (Wildman–Crippen LogP) is 4.71. The van der Waals surface area contributed by atoms with Crippen molar-refractivity contribution in [3.63, 3.8) is 0 Å². The first kappa shape index (κ1) is 21.7. The first-order valence-corrected chi connectivity index (χ1v) is 11.6. The molecule has 2 aromatic heterocycles. The summed E-state index contributed by atoms with van der Waals surface area (Å²) in [6.07, 6.45) is 0. The van der Waals surface area contributed by atoms with E-state index < -0.39 is 11.9 Å². The van der Waals surface area contributed by atoms with E-state index in [0.29, 0.717) is 0 Å². The van der Waals surface area contributed by atoms with Crippen molar-refractivity contribution in [3.8, 4) is 11.1 Å². The van der Waals surface area contributed by atoms with Gasteiger partial charge in [-0.3, -0.25) is 0 Å². The zero-order valence-corrected chi connectivity index (χ0v) is 19.3. The van der Waals surface area contributed by atoms with Crippen molar-refractivity contribution in [2.75, 3.05) is 0 Å². The van der Waals surface area contributed by atoms with Gasteiger partial charge in [-0.15, -0.1) is 0 Å². The largest absolute Gasteiger partial charge is 0.477 e. The molecule has 0 amide bonds. The van der Waals surface area contributed by atoms with E-state index in [0.717, 1.165) is 54.7 Å². The van der Waals surface area contributed by atoms with Gasteiger partial charge in [-0.2, -0.15) is 9.13 Å². The highest BCUT2D eigenvalue weighted by molar-refractivity contribution is 6.18. The third kappa shape index (κ3) is 3.34. The van der Waals surface area contributed by atoms with Gasteiger partial charge in [-0.1, -0.05) is 48.5 Å². The highest BCUT2D eigenvalue weighted by Gasteiger charge is 2.28. The van der Waals surface area contributed by atoms with Crippen LogP contribution in [0.4, 0.5) is 0 Å². The quantitative estimate of drug-likeness (QED) is 0.280. The van der Waals surface area contributed by atoms with Gasteiger partial charge < -0.3 is 10.2 Å². The van der Waals surface area contributed by atoms with Gasteiger partial charge in [0.15, 0.2) is 0 Å². The standard InChI is InChI=1S/C30H20N2O4/c33-27(34)17-31-23-13-5-1-9-19(23)29(20-10-2-6-14-24(20)31)30-21-11-3-7-15-25(21)32(18-28(35)36)26-16-8-4-12-22(26)30/h1-16H,17-18H2/p+2. The second-order valence-corrected chi connectivity index (χ2v) is 8.78. The molecule has 6 aromatic rings. The molecule has 4 aromatic carbocycles. The summed E-state index contributed by atoms with van der Waals surface area (Å²) in [5, 5.41) is 23.1. The highest BCUT2D eigenvalue weighted by Crippen LogP contribution is 2.41. The number of aromatic nitrogens is 2. The Hall–Kier alpha value is -4.84. The van der Waals surface area contributed by atoms with E-state index >= 15 is 0 Å². The topological polar surface area (TPSA) is 82.4 Å². The van der Waals surface area contributed by atoms with Crippen LogP contribution in [0.25, 0.3) is 54.7 Å². The number of hydrogen-bond donors (Lipinski definition) is 2. The molecule has 2 N–H and O–H groups in total. The van der Waals surface area contributed by atoms with Gasteiger partial charge in [0.05, 0.1) is 21.5 Å². The van der Waals surface area contributed by atoms with Gasteiger partial charge in [-0.25, -0.2) is 9.59 Å². The van der Waals surface area contributed by atoms with Crippen LogP contribution in [0.15, 0.2) is 97.1 Å². The molecule has 0 radical (unpaired) electrons. The SMILES string of the molecule is O=C(O)C[n+]1c2ccccc2c(-c2c3ccccc3[n+](CC(=O)O)c3ccccc23)c2ccccc21. The first-order chi connectivity index (χ1) is 17.5. The smallest absolute Gasteiger partial charge is 0.370 e. The molecule has 0 aliphatic carbocycles. The van der Waals surface area contributed by atoms with Crippen LogP contribution in [0, 0.1) is 0 Å². The molecule has 6 heteroatoms. The summed E-state index contributed by atoms with van der Waals surface area (Å²) in [4.78, 5) is 23.6. The molecule has 0 fully saturated rings. The van der Waals surface area contributed by atoms with Crippen molar-refractivity contribution >= 4 is 55.6 Å². The van der Waals surface area contributed by atoms with Crippen LogP contribution in [-0.2, 0) is 22.7 Å². The van der Waals surface area contributed by atoms with E-state index in [9.17, 15) is 19.8 Å². The highest BCUT2D eigenvalue weighted by atomic mass is 16.4. The Morgan fingerprint density at radius 1 is 0.472 bits per heavy atom. The average molecular weight is 475 g/mol. The maximum absolute atomic E-state index is 11.8. The maximum Gasteiger partial charge on any atom is 0.370 e. The first-order valence-electron chi connectivity index (χ1n) is 11.6. The molecule has 0 aliphatic rings. The third-order valence-corrected chi connectivity index (χ3v) is 6.69. The monoisotopic (exact) mass is 474 g/mol. The maximum atomic E-state index is 11.8. The molecule has 174 valence electrons. The number of benzene rings is 4. The lowest BCUT2D eigenvalue weighted by Gasteiger charge is -2.15. The van der Waals surface area contributed by atoms with Crippen molar-refractivity contribution in [3.05, 3.63) is 97.1 Å². The molecule has 0 bridgehead atoms. The third-order valence-electron chi connectivity index (χ3n) is 6.69. The van der Waals surface area contributed by atoms with Crippen molar-refractivity contribution in [2.24, 2.45) is 0 Å². The van der Waals surface area contributed by atoms with Crippen LogP contribution >= 0.6 is 0 Å². The van der Waals surface area contributed by atoms with E-state index in [1.165, 1.54) is 0 Å². The van der Waals surface area contributed by atoms with Gasteiger partial charge in [0.2, 0.25) is 35.2 Å². The van der Waals surface area contributed by atoms with Crippen LogP contribution in [-0.4, -0.2) is 22.2 Å². The van der Waals surface area contributed by atoms with E-state index in [4.69, 9.17) is 0 Å². The number of carboxylic acids is 2. The van der Waals surface area contributed by atoms with Gasteiger partial charge in [-0.05, 0) is 24.3 Å². The minimum atomic E-state index is -0.909. The number of rotatable bonds is 5. The van der Waals surface area contributed by atoms with E-state index in [1.807, 2.05) is 106 Å². The second-order valence-electron chi connectivity index (χ2n) is 8.78. The van der Waals surface area contributed by atoms with Crippen LogP contribution in [0.2, 0.25) is 0 Å². The normalized spacial score (nSPS) is 11.4. The summed E-state index contributed by atoms with van der Waals surface area (Å²) in [5.74, 6) is -1.82. The van der Waals surface area contributed by atoms with E-state index in [1.54, 1.807) is 0 Å². The van der Waals surface area contributed by atoms with Gasteiger partial charge in [0.25, 0.3) is 0 Å². The zero-order chi connectivity index (χ0) is 24.8. The molecule has 0 aliphatic heterocycles. The summed E-state index contributed by atoms with van der Waals surface area (Å²) in [6.45, 7) is -0.313. The molecule has 0 saturated heterocycles. The summed E-state index contributed by atoms with van der Waals surface area (Å²) in [6, 6.07) is 31.4. The minimum absolute atomic E-state index is 0.157. The van der Waals surface area contributed by atoms with Gasteiger partial charge in [0, 0.05) is 35.4 Å².